The van der Waals surface area contributed by atoms with Crippen LogP contribution in [0.5, 0.6) is 0 Å². The van der Waals surface area contributed by atoms with Crippen molar-refractivity contribution in [3.63, 3.8) is 0 Å². The van der Waals surface area contributed by atoms with Crippen LogP contribution in [0.1, 0.15) is 11.1 Å². The first-order valence-electron chi connectivity index (χ1n) is 6.47. The molecule has 0 saturated heterocycles. The number of nitrogens with one attached hydrogen (secondary N) is 2. The van der Waals surface area contributed by atoms with E-state index in [4.69, 9.17) is 5.26 Å². The molecule has 0 aliphatic rings. The minimum atomic E-state index is -0.318. The van der Waals surface area contributed by atoms with Gasteiger partial charge in [0.25, 0.3) is 0 Å². The third kappa shape index (κ3) is 4.62. The van der Waals surface area contributed by atoms with E-state index >= 15 is 0 Å². The summed E-state index contributed by atoms with van der Waals surface area (Å²) in [6.45, 7) is 0.452. The third-order valence-electron chi connectivity index (χ3n) is 2.88. The largest absolute Gasteiger partial charge is 0.338 e. The minimum Gasteiger partial charge on any atom is -0.338 e. The van der Waals surface area contributed by atoms with Gasteiger partial charge in [-0.2, -0.15) is 5.26 Å². The molecule has 106 valence electrons. The molecule has 0 spiro atoms. The van der Waals surface area contributed by atoms with E-state index in [2.05, 4.69) is 10.6 Å². The molecule has 4 nitrogen and oxygen atoms in total. The molecule has 0 aliphatic heterocycles. The summed E-state index contributed by atoms with van der Waals surface area (Å²) in [7, 11) is 0. The van der Waals surface area contributed by atoms with E-state index in [0.29, 0.717) is 24.2 Å². The van der Waals surface area contributed by atoms with Gasteiger partial charge < -0.3 is 10.6 Å². The van der Waals surface area contributed by atoms with E-state index in [1.807, 2.05) is 6.07 Å². The molecule has 0 unspecified atom stereocenters. The third-order valence-corrected chi connectivity index (χ3v) is 2.88. The second kappa shape index (κ2) is 7.06. The molecule has 2 aromatic rings. The van der Waals surface area contributed by atoms with E-state index < -0.39 is 0 Å². The van der Waals surface area contributed by atoms with Crippen LogP contribution in [0.3, 0.4) is 0 Å². The Hall–Kier alpha value is -2.87. The standard InChI is InChI=1S/C16H14FN3O/c17-14-5-1-12(2-6-14)9-10-19-16(21)20-15-7-3-13(11-18)4-8-15/h1-8H,9-10H2,(H2,19,20,21). The van der Waals surface area contributed by atoms with E-state index in [1.165, 1.54) is 12.1 Å². The van der Waals surface area contributed by atoms with E-state index in [-0.39, 0.29) is 11.8 Å². The van der Waals surface area contributed by atoms with Gasteiger partial charge in [0.05, 0.1) is 11.6 Å². The molecule has 0 saturated carbocycles. The summed E-state index contributed by atoms with van der Waals surface area (Å²) in [6.07, 6.45) is 0.626. The van der Waals surface area contributed by atoms with Gasteiger partial charge in [0, 0.05) is 12.2 Å². The van der Waals surface area contributed by atoms with Crippen molar-refractivity contribution in [1.29, 1.82) is 5.26 Å². The Kier molecular flexibility index (Phi) is 4.89. The molecule has 0 bridgehead atoms. The highest BCUT2D eigenvalue weighted by Crippen LogP contribution is 2.08. The Bertz CT molecular complexity index is 645. The van der Waals surface area contributed by atoms with Crippen molar-refractivity contribution >= 4 is 11.7 Å². The van der Waals surface area contributed by atoms with Crippen molar-refractivity contribution in [3.8, 4) is 6.07 Å². The van der Waals surface area contributed by atoms with E-state index in [0.717, 1.165) is 5.56 Å². The summed E-state index contributed by atoms with van der Waals surface area (Å²) < 4.78 is 12.7. The number of benzene rings is 2. The summed E-state index contributed by atoms with van der Waals surface area (Å²) in [5.74, 6) is -0.273. The Morgan fingerprint density at radius 1 is 1.10 bits per heavy atom. The molecule has 0 radical (unpaired) electrons. The van der Waals surface area contributed by atoms with E-state index in [9.17, 15) is 9.18 Å². The zero-order chi connectivity index (χ0) is 15.1. The predicted octanol–water partition coefficient (Wildman–Crippen LogP) is 3.06. The fraction of sp³-hybridized carbons (Fsp3) is 0.125. The Labute approximate surface area is 122 Å². The average Bonchev–Trinajstić information content (AvgIpc) is 2.50. The molecular weight excluding hydrogens is 269 g/mol. The van der Waals surface area contributed by atoms with Crippen LogP contribution >= 0.6 is 0 Å². The predicted molar refractivity (Wildman–Crippen MR) is 78.3 cm³/mol. The van der Waals surface area contributed by atoms with Crippen LogP contribution in [0.2, 0.25) is 0 Å². The monoisotopic (exact) mass is 283 g/mol. The lowest BCUT2D eigenvalue weighted by Crippen LogP contribution is -2.30. The van der Waals surface area contributed by atoms with Crippen LogP contribution in [0, 0.1) is 17.1 Å². The normalized spacial score (nSPS) is 9.71. The lowest BCUT2D eigenvalue weighted by atomic mass is 10.1. The summed E-state index contributed by atoms with van der Waals surface area (Å²) >= 11 is 0. The number of carbonyl (C=O) groups is 1. The summed E-state index contributed by atoms with van der Waals surface area (Å²) in [5.41, 5.74) is 2.11. The molecule has 2 N–H and O–H groups in total. The number of nitriles is 1. The van der Waals surface area contributed by atoms with Crippen LogP contribution in [-0.2, 0) is 6.42 Å². The first-order valence-corrected chi connectivity index (χ1v) is 6.47. The Morgan fingerprint density at radius 2 is 1.76 bits per heavy atom. The number of rotatable bonds is 4. The minimum absolute atomic E-state index is 0.273. The summed E-state index contributed by atoms with van der Waals surface area (Å²) in [4.78, 5) is 11.7. The highest BCUT2D eigenvalue weighted by atomic mass is 19.1. The van der Waals surface area contributed by atoms with Gasteiger partial charge in [0.1, 0.15) is 5.82 Å². The van der Waals surface area contributed by atoms with Gasteiger partial charge in [-0.3, -0.25) is 0 Å². The summed E-state index contributed by atoms with van der Waals surface area (Å²) in [5, 5.41) is 14.1. The van der Waals surface area contributed by atoms with Gasteiger partial charge in [0.15, 0.2) is 0 Å². The molecular formula is C16H14FN3O. The number of carbonyl (C=O) groups excluding carboxylic acids is 1. The van der Waals surface area contributed by atoms with Crippen LogP contribution in [0.25, 0.3) is 0 Å². The van der Waals surface area contributed by atoms with Gasteiger partial charge in [-0.1, -0.05) is 12.1 Å². The zero-order valence-corrected chi connectivity index (χ0v) is 11.3. The fourth-order valence-corrected chi connectivity index (χ4v) is 1.77. The molecule has 5 heteroatoms. The molecule has 2 aromatic carbocycles. The van der Waals surface area contributed by atoms with Crippen molar-refractivity contribution in [2.75, 3.05) is 11.9 Å². The molecule has 0 aliphatic carbocycles. The fourth-order valence-electron chi connectivity index (χ4n) is 1.77. The van der Waals surface area contributed by atoms with Crippen molar-refractivity contribution in [1.82, 2.24) is 5.32 Å². The molecule has 0 aromatic heterocycles. The molecule has 21 heavy (non-hydrogen) atoms. The Balaban J connectivity index is 1.76. The number of nitrogens with zero attached hydrogens (tertiary/aromatic N) is 1. The topological polar surface area (TPSA) is 64.9 Å². The number of urea groups is 1. The number of amides is 2. The van der Waals surface area contributed by atoms with Gasteiger partial charge in [-0.25, -0.2) is 9.18 Å². The van der Waals surface area contributed by atoms with Crippen molar-refractivity contribution in [2.45, 2.75) is 6.42 Å². The van der Waals surface area contributed by atoms with Gasteiger partial charge in [0.2, 0.25) is 0 Å². The average molecular weight is 283 g/mol. The van der Waals surface area contributed by atoms with Crippen LogP contribution in [0.4, 0.5) is 14.9 Å². The maximum Gasteiger partial charge on any atom is 0.319 e. The summed E-state index contributed by atoms with van der Waals surface area (Å²) in [6, 6.07) is 14.5. The number of halogens is 1. The SMILES string of the molecule is N#Cc1ccc(NC(=O)NCCc2ccc(F)cc2)cc1. The van der Waals surface area contributed by atoms with Gasteiger partial charge >= 0.3 is 6.03 Å². The zero-order valence-electron chi connectivity index (χ0n) is 11.3. The number of anilines is 1. The lowest BCUT2D eigenvalue weighted by Gasteiger charge is -2.07. The maximum atomic E-state index is 12.7. The second-order valence-corrected chi connectivity index (χ2v) is 4.45. The van der Waals surface area contributed by atoms with E-state index in [1.54, 1.807) is 36.4 Å². The lowest BCUT2D eigenvalue weighted by molar-refractivity contribution is 0.252. The van der Waals surface area contributed by atoms with Crippen LogP contribution in [0.15, 0.2) is 48.5 Å². The molecule has 0 heterocycles. The molecule has 2 amide bonds. The van der Waals surface area contributed by atoms with Crippen LogP contribution < -0.4 is 10.6 Å². The highest BCUT2D eigenvalue weighted by molar-refractivity contribution is 5.89. The van der Waals surface area contributed by atoms with Crippen molar-refractivity contribution in [2.24, 2.45) is 0 Å². The molecule has 0 fully saturated rings. The van der Waals surface area contributed by atoms with Gasteiger partial charge in [-0.15, -0.1) is 0 Å². The van der Waals surface area contributed by atoms with Crippen molar-refractivity contribution < 1.29 is 9.18 Å². The van der Waals surface area contributed by atoms with Gasteiger partial charge in [-0.05, 0) is 48.4 Å². The molecule has 2 rings (SSSR count). The smallest absolute Gasteiger partial charge is 0.319 e. The maximum absolute atomic E-state index is 12.7. The first kappa shape index (κ1) is 14.5. The number of hydrogen-bond donors (Lipinski definition) is 2. The van der Waals surface area contributed by atoms with Crippen LogP contribution in [-0.4, -0.2) is 12.6 Å². The number of hydrogen-bond acceptors (Lipinski definition) is 2. The second-order valence-electron chi connectivity index (χ2n) is 4.45. The molecule has 0 atom stereocenters. The Morgan fingerprint density at radius 3 is 2.38 bits per heavy atom. The van der Waals surface area contributed by atoms with Crippen molar-refractivity contribution in [3.05, 3.63) is 65.5 Å². The first-order chi connectivity index (χ1) is 10.2. The quantitative estimate of drug-likeness (QED) is 0.905. The highest BCUT2D eigenvalue weighted by Gasteiger charge is 2.01.